The summed E-state index contributed by atoms with van der Waals surface area (Å²) in [5.41, 5.74) is 13.7. The number of anilines is 1. The van der Waals surface area contributed by atoms with Crippen LogP contribution >= 0.6 is 11.6 Å². The van der Waals surface area contributed by atoms with Gasteiger partial charge in [0.2, 0.25) is 0 Å². The molecule has 0 aliphatic carbocycles. The van der Waals surface area contributed by atoms with Crippen molar-refractivity contribution in [2.24, 2.45) is 5.73 Å². The van der Waals surface area contributed by atoms with Crippen molar-refractivity contribution in [1.82, 2.24) is 29.7 Å². The van der Waals surface area contributed by atoms with Crippen LogP contribution in [0.5, 0.6) is 0 Å². The summed E-state index contributed by atoms with van der Waals surface area (Å²) in [4.78, 5) is 14.6. The number of nitrogen functional groups attached to an aromatic ring is 1. The van der Waals surface area contributed by atoms with E-state index in [0.29, 0.717) is 24.3 Å². The summed E-state index contributed by atoms with van der Waals surface area (Å²) < 4.78 is 7.69. The number of hydrogen-bond acceptors (Lipinski definition) is 10. The minimum absolute atomic E-state index is 0.245. The van der Waals surface area contributed by atoms with Crippen molar-refractivity contribution in [2.75, 3.05) is 45.0 Å². The van der Waals surface area contributed by atoms with Crippen LogP contribution in [-0.2, 0) is 11.2 Å². The van der Waals surface area contributed by atoms with E-state index in [0.717, 1.165) is 44.0 Å². The number of fused-ring (bicyclic) bond motifs is 1. The molecule has 3 heterocycles. The first kappa shape index (κ1) is 25.7. The van der Waals surface area contributed by atoms with Crippen molar-refractivity contribution >= 4 is 28.6 Å². The molecule has 11 nitrogen and oxygen atoms in total. The number of benzene rings is 1. The number of aliphatic hydroxyl groups excluding tert-OH is 2. The SMILES string of the molecule is NCCCN(CCNCCc1ccc(Cl)cc1)C[C@H]1O[C@@H](n2cnc3c(N)ncnc32)[C@H](O)[C@@H]1O. The topological polar surface area (TPSA) is 161 Å². The van der Waals surface area contributed by atoms with Crippen LogP contribution in [0.1, 0.15) is 18.2 Å². The number of halogens is 1. The number of nitrogens with zero attached hydrogens (tertiary/aromatic N) is 5. The van der Waals surface area contributed by atoms with Gasteiger partial charge in [0.05, 0.1) is 6.33 Å². The molecule has 1 saturated heterocycles. The van der Waals surface area contributed by atoms with Gasteiger partial charge >= 0.3 is 0 Å². The molecule has 0 spiro atoms. The molecule has 12 heteroatoms. The third-order valence-corrected chi connectivity index (χ3v) is 6.48. The summed E-state index contributed by atoms with van der Waals surface area (Å²) in [5, 5.41) is 25.7. The van der Waals surface area contributed by atoms with Gasteiger partial charge in [-0.25, -0.2) is 15.0 Å². The van der Waals surface area contributed by atoms with Crippen LogP contribution in [0, 0.1) is 0 Å². The Labute approximate surface area is 209 Å². The van der Waals surface area contributed by atoms with Crippen LogP contribution in [-0.4, -0.2) is 92.2 Å². The quantitative estimate of drug-likeness (QED) is 0.215. The molecule has 0 radical (unpaired) electrons. The average Bonchev–Trinajstić information content (AvgIpc) is 3.40. The van der Waals surface area contributed by atoms with Gasteiger partial charge in [0.25, 0.3) is 0 Å². The van der Waals surface area contributed by atoms with E-state index in [1.54, 1.807) is 4.57 Å². The molecule has 0 amide bonds. The van der Waals surface area contributed by atoms with Crippen molar-refractivity contribution in [3.63, 3.8) is 0 Å². The molecular weight excluding hydrogens is 472 g/mol. The summed E-state index contributed by atoms with van der Waals surface area (Å²) in [6.07, 6.45) is 0.946. The zero-order chi connectivity index (χ0) is 24.8. The molecule has 3 aromatic rings. The molecule has 0 saturated carbocycles. The Balaban J connectivity index is 1.32. The molecule has 1 aliphatic heterocycles. The van der Waals surface area contributed by atoms with Crippen LogP contribution < -0.4 is 16.8 Å². The number of rotatable bonds is 12. The van der Waals surface area contributed by atoms with E-state index in [1.807, 2.05) is 24.3 Å². The summed E-state index contributed by atoms with van der Waals surface area (Å²) in [6, 6.07) is 7.85. The van der Waals surface area contributed by atoms with Gasteiger partial charge in [-0.15, -0.1) is 0 Å². The van der Waals surface area contributed by atoms with Gasteiger partial charge in [-0.1, -0.05) is 23.7 Å². The first-order valence-electron chi connectivity index (χ1n) is 11.8. The Hall–Kier alpha value is -2.38. The number of ether oxygens (including phenoxy) is 1. The average molecular weight is 505 g/mol. The lowest BCUT2D eigenvalue weighted by molar-refractivity contribution is -0.0440. The molecule has 2 aromatic heterocycles. The largest absolute Gasteiger partial charge is 0.387 e. The van der Waals surface area contributed by atoms with Crippen molar-refractivity contribution in [1.29, 1.82) is 0 Å². The van der Waals surface area contributed by atoms with Crippen LogP contribution in [0.4, 0.5) is 5.82 Å². The van der Waals surface area contributed by atoms with E-state index in [1.165, 1.54) is 18.2 Å². The lowest BCUT2D eigenvalue weighted by atomic mass is 10.1. The lowest BCUT2D eigenvalue weighted by Gasteiger charge is -2.26. The van der Waals surface area contributed by atoms with Gasteiger partial charge in [-0.2, -0.15) is 0 Å². The van der Waals surface area contributed by atoms with Crippen molar-refractivity contribution in [3.8, 4) is 0 Å². The fourth-order valence-electron chi connectivity index (χ4n) is 4.28. The Kier molecular flexibility index (Phi) is 8.84. The third kappa shape index (κ3) is 6.25. The fourth-order valence-corrected chi connectivity index (χ4v) is 4.40. The molecule has 1 aliphatic rings. The van der Waals surface area contributed by atoms with Crippen molar-refractivity contribution in [2.45, 2.75) is 37.4 Å². The Morgan fingerprint density at radius 1 is 1.09 bits per heavy atom. The third-order valence-electron chi connectivity index (χ3n) is 6.22. The number of aromatic nitrogens is 4. The molecule has 0 unspecified atom stereocenters. The van der Waals surface area contributed by atoms with Gasteiger partial charge < -0.3 is 31.7 Å². The van der Waals surface area contributed by atoms with Crippen LogP contribution in [0.2, 0.25) is 5.02 Å². The first-order valence-corrected chi connectivity index (χ1v) is 12.2. The monoisotopic (exact) mass is 504 g/mol. The van der Waals surface area contributed by atoms with Gasteiger partial charge in [0.1, 0.15) is 30.2 Å². The molecule has 35 heavy (non-hydrogen) atoms. The smallest absolute Gasteiger partial charge is 0.167 e. The van der Waals surface area contributed by atoms with Crippen LogP contribution in [0.25, 0.3) is 11.2 Å². The van der Waals surface area contributed by atoms with Gasteiger partial charge in [0.15, 0.2) is 17.7 Å². The maximum Gasteiger partial charge on any atom is 0.167 e. The van der Waals surface area contributed by atoms with E-state index in [9.17, 15) is 10.2 Å². The van der Waals surface area contributed by atoms with Crippen LogP contribution in [0.15, 0.2) is 36.9 Å². The van der Waals surface area contributed by atoms with Gasteiger partial charge in [0, 0.05) is 24.7 Å². The van der Waals surface area contributed by atoms with Gasteiger partial charge in [-0.05, 0) is 50.2 Å². The highest BCUT2D eigenvalue weighted by atomic mass is 35.5. The molecule has 4 atom stereocenters. The normalized spacial score (nSPS) is 22.4. The lowest BCUT2D eigenvalue weighted by Crippen LogP contribution is -2.43. The zero-order valence-corrected chi connectivity index (χ0v) is 20.3. The van der Waals surface area contributed by atoms with Crippen LogP contribution in [0.3, 0.4) is 0 Å². The maximum absolute atomic E-state index is 10.7. The Morgan fingerprint density at radius 3 is 2.66 bits per heavy atom. The molecule has 1 fully saturated rings. The van der Waals surface area contributed by atoms with Crippen molar-refractivity contribution < 1.29 is 14.9 Å². The number of nitrogens with two attached hydrogens (primary N) is 2. The number of imidazole rings is 1. The van der Waals surface area contributed by atoms with Crippen molar-refractivity contribution in [3.05, 3.63) is 47.5 Å². The zero-order valence-electron chi connectivity index (χ0n) is 19.5. The second kappa shape index (κ2) is 12.0. The predicted octanol–water partition coefficient (Wildman–Crippen LogP) is 0.164. The number of hydrogen-bond donors (Lipinski definition) is 5. The van der Waals surface area contributed by atoms with E-state index in [-0.39, 0.29) is 5.82 Å². The maximum atomic E-state index is 10.7. The minimum Gasteiger partial charge on any atom is -0.387 e. The Morgan fingerprint density at radius 2 is 1.89 bits per heavy atom. The van der Waals surface area contributed by atoms with E-state index in [2.05, 4.69) is 25.2 Å². The standard InChI is InChI=1S/C23H33ClN8O3/c24-16-4-2-15(3-5-16)6-8-27-9-11-31(10-1-7-25)12-17-19(33)20(34)23(35-17)32-14-30-18-21(26)28-13-29-22(18)32/h2-5,13-14,17,19-20,23,27,33-34H,1,6-12,25H2,(H2,26,28,29)/t17-,19-,20-,23-/m1/s1. The second-order valence-corrected chi connectivity index (χ2v) is 9.13. The molecule has 1 aromatic carbocycles. The number of aliphatic hydroxyl groups is 2. The minimum atomic E-state index is -1.14. The highest BCUT2D eigenvalue weighted by molar-refractivity contribution is 6.30. The predicted molar refractivity (Wildman–Crippen MR) is 134 cm³/mol. The summed E-state index contributed by atoms with van der Waals surface area (Å²) in [7, 11) is 0. The molecule has 190 valence electrons. The second-order valence-electron chi connectivity index (χ2n) is 8.70. The van der Waals surface area contributed by atoms with E-state index >= 15 is 0 Å². The van der Waals surface area contributed by atoms with Gasteiger partial charge in [-0.3, -0.25) is 9.47 Å². The van der Waals surface area contributed by atoms with E-state index < -0.39 is 24.5 Å². The van der Waals surface area contributed by atoms with E-state index in [4.69, 9.17) is 27.8 Å². The highest BCUT2D eigenvalue weighted by Crippen LogP contribution is 2.32. The summed E-state index contributed by atoms with van der Waals surface area (Å²) >= 11 is 5.94. The molecule has 0 bridgehead atoms. The molecule has 7 N–H and O–H groups in total. The molecule has 4 rings (SSSR count). The fraction of sp³-hybridized carbons (Fsp3) is 0.522. The number of nitrogens with one attached hydrogen (secondary N) is 1. The highest BCUT2D eigenvalue weighted by Gasteiger charge is 2.44. The summed E-state index contributed by atoms with van der Waals surface area (Å²) in [5.74, 6) is 0.245. The molecular formula is C23H33ClN8O3. The Bertz CT molecular complexity index is 1080. The summed E-state index contributed by atoms with van der Waals surface area (Å²) in [6.45, 7) is 4.16. The first-order chi connectivity index (χ1) is 17.0.